The molecule has 0 spiro atoms. The highest BCUT2D eigenvalue weighted by Crippen LogP contribution is 2.31. The summed E-state index contributed by atoms with van der Waals surface area (Å²) in [5.74, 6) is 2.34. The maximum atomic E-state index is 6.43. The molecule has 0 saturated heterocycles. The summed E-state index contributed by atoms with van der Waals surface area (Å²) in [6, 6.07) is 25.3. The van der Waals surface area contributed by atoms with Gasteiger partial charge in [-0.1, -0.05) is 48.5 Å². The minimum atomic E-state index is -0.0846. The third-order valence-electron chi connectivity index (χ3n) is 5.35. The zero-order chi connectivity index (χ0) is 23.2. The topological polar surface area (TPSA) is 98.8 Å². The molecule has 0 bridgehead atoms. The summed E-state index contributed by atoms with van der Waals surface area (Å²) in [4.78, 5) is 18.2. The van der Waals surface area contributed by atoms with E-state index < -0.39 is 0 Å². The second-order valence-electron chi connectivity index (χ2n) is 7.89. The summed E-state index contributed by atoms with van der Waals surface area (Å²) in [5, 5.41) is 4.24. The fourth-order valence-electron chi connectivity index (χ4n) is 3.69. The maximum Gasteiger partial charge on any atom is 0.246 e. The number of ether oxygens (including phenoxy) is 1. The van der Waals surface area contributed by atoms with E-state index in [9.17, 15) is 0 Å². The van der Waals surface area contributed by atoms with Gasteiger partial charge < -0.3 is 15.8 Å². The fraction of sp³-hybridized carbons (Fsp3) is 0.111. The van der Waals surface area contributed by atoms with Gasteiger partial charge in [-0.2, -0.15) is 0 Å². The number of anilines is 1. The van der Waals surface area contributed by atoms with Crippen LogP contribution in [0.4, 0.5) is 5.82 Å². The van der Waals surface area contributed by atoms with Crippen molar-refractivity contribution >= 4 is 16.7 Å². The molecule has 34 heavy (non-hydrogen) atoms. The fourth-order valence-corrected chi connectivity index (χ4v) is 3.69. The molecular formula is C27H24N6O. The second-order valence-corrected chi connectivity index (χ2v) is 7.89. The van der Waals surface area contributed by atoms with Crippen LogP contribution in [0.5, 0.6) is 11.6 Å². The van der Waals surface area contributed by atoms with Crippen LogP contribution in [0.15, 0.2) is 97.5 Å². The van der Waals surface area contributed by atoms with Gasteiger partial charge in [0.2, 0.25) is 5.88 Å². The van der Waals surface area contributed by atoms with Crippen LogP contribution in [0.1, 0.15) is 5.56 Å². The van der Waals surface area contributed by atoms with Crippen molar-refractivity contribution in [3.63, 3.8) is 0 Å². The standard InChI is InChI=1S/C27H24N6O/c28-21(17-19-7-3-1-4-8-19)18-31-26-23-13-16-30-27(34-22-9-5-2-6-10-22)24(23)32-25(33-26)20-11-14-29-15-12-20/h1-16,21H,17-18,28H2,(H,31,32,33)/t21-/m1/s1. The van der Waals surface area contributed by atoms with E-state index >= 15 is 0 Å². The SMILES string of the molecule is N[C@@H](CNc1nc(-c2ccncc2)nc2c(Oc3ccccc3)nccc12)Cc1ccccc1. The van der Waals surface area contributed by atoms with Crippen LogP contribution in [0.2, 0.25) is 0 Å². The number of hydrogen-bond donors (Lipinski definition) is 2. The molecule has 1 atom stereocenters. The summed E-state index contributed by atoms with van der Waals surface area (Å²) in [6.45, 7) is 0.550. The molecule has 0 amide bonds. The van der Waals surface area contributed by atoms with Gasteiger partial charge in [0.15, 0.2) is 5.82 Å². The molecular weight excluding hydrogens is 424 g/mol. The summed E-state index contributed by atoms with van der Waals surface area (Å²) < 4.78 is 6.08. The highest BCUT2D eigenvalue weighted by atomic mass is 16.5. The van der Waals surface area contributed by atoms with Gasteiger partial charge in [-0.25, -0.2) is 15.0 Å². The molecule has 0 aliphatic heterocycles. The van der Waals surface area contributed by atoms with Crippen LogP contribution in [-0.4, -0.2) is 32.5 Å². The molecule has 7 nitrogen and oxygen atoms in total. The van der Waals surface area contributed by atoms with E-state index in [2.05, 4.69) is 27.4 Å². The van der Waals surface area contributed by atoms with Crippen molar-refractivity contribution in [1.82, 2.24) is 19.9 Å². The van der Waals surface area contributed by atoms with Gasteiger partial charge in [-0.3, -0.25) is 4.98 Å². The van der Waals surface area contributed by atoms with Crippen LogP contribution in [0.25, 0.3) is 22.3 Å². The van der Waals surface area contributed by atoms with Crippen molar-refractivity contribution in [2.24, 2.45) is 5.73 Å². The van der Waals surface area contributed by atoms with E-state index in [1.165, 1.54) is 5.56 Å². The minimum absolute atomic E-state index is 0.0846. The highest BCUT2D eigenvalue weighted by molar-refractivity contribution is 5.93. The first-order valence-corrected chi connectivity index (χ1v) is 11.1. The molecule has 5 rings (SSSR count). The van der Waals surface area contributed by atoms with E-state index in [0.717, 1.165) is 17.4 Å². The van der Waals surface area contributed by atoms with E-state index in [4.69, 9.17) is 20.4 Å². The third-order valence-corrected chi connectivity index (χ3v) is 5.35. The van der Waals surface area contributed by atoms with Crippen LogP contribution < -0.4 is 15.8 Å². The summed E-state index contributed by atoms with van der Waals surface area (Å²) in [6.07, 6.45) is 5.90. The zero-order valence-corrected chi connectivity index (χ0v) is 18.5. The smallest absolute Gasteiger partial charge is 0.246 e. The number of nitrogens with zero attached hydrogens (tertiary/aromatic N) is 4. The monoisotopic (exact) mass is 448 g/mol. The van der Waals surface area contributed by atoms with E-state index in [1.54, 1.807) is 18.6 Å². The van der Waals surface area contributed by atoms with Crippen molar-refractivity contribution in [1.29, 1.82) is 0 Å². The Bertz CT molecular complexity index is 1360. The van der Waals surface area contributed by atoms with Gasteiger partial charge in [-0.15, -0.1) is 0 Å². The number of nitrogens with two attached hydrogens (primary N) is 1. The molecule has 7 heteroatoms. The van der Waals surface area contributed by atoms with Gasteiger partial charge in [0, 0.05) is 42.1 Å². The van der Waals surface area contributed by atoms with Crippen molar-refractivity contribution in [3.8, 4) is 23.0 Å². The number of para-hydroxylation sites is 1. The van der Waals surface area contributed by atoms with Crippen LogP contribution >= 0.6 is 0 Å². The predicted octanol–water partition coefficient (Wildman–Crippen LogP) is 4.86. The summed E-state index contributed by atoms with van der Waals surface area (Å²) >= 11 is 0. The summed E-state index contributed by atoms with van der Waals surface area (Å²) in [5.41, 5.74) is 9.09. The lowest BCUT2D eigenvalue weighted by atomic mass is 10.1. The molecule has 3 aromatic heterocycles. The number of hydrogen-bond acceptors (Lipinski definition) is 7. The minimum Gasteiger partial charge on any atom is -0.437 e. The average Bonchev–Trinajstić information content (AvgIpc) is 2.89. The zero-order valence-electron chi connectivity index (χ0n) is 18.5. The van der Waals surface area contributed by atoms with Gasteiger partial charge in [0.05, 0.1) is 0 Å². The Morgan fingerprint density at radius 2 is 1.56 bits per heavy atom. The Kier molecular flexibility index (Phi) is 6.36. The molecule has 3 N–H and O–H groups in total. The summed E-state index contributed by atoms with van der Waals surface area (Å²) in [7, 11) is 0. The predicted molar refractivity (Wildman–Crippen MR) is 134 cm³/mol. The molecule has 5 aromatic rings. The Labute approximate surface area is 197 Å². The largest absolute Gasteiger partial charge is 0.437 e. The Hall–Kier alpha value is -4.36. The molecule has 0 aliphatic carbocycles. The van der Waals surface area contributed by atoms with Gasteiger partial charge in [0.25, 0.3) is 0 Å². The Morgan fingerprint density at radius 3 is 2.32 bits per heavy atom. The van der Waals surface area contributed by atoms with Crippen LogP contribution in [0.3, 0.4) is 0 Å². The van der Waals surface area contributed by atoms with Crippen LogP contribution in [-0.2, 0) is 6.42 Å². The molecule has 3 heterocycles. The van der Waals surface area contributed by atoms with Crippen molar-refractivity contribution in [3.05, 3.63) is 103 Å². The molecule has 0 unspecified atom stereocenters. The first-order valence-electron chi connectivity index (χ1n) is 11.1. The lowest BCUT2D eigenvalue weighted by Crippen LogP contribution is -2.31. The number of nitrogens with one attached hydrogen (secondary N) is 1. The van der Waals surface area contributed by atoms with Gasteiger partial charge >= 0.3 is 0 Å². The van der Waals surface area contributed by atoms with E-state index in [-0.39, 0.29) is 6.04 Å². The van der Waals surface area contributed by atoms with Crippen molar-refractivity contribution in [2.75, 3.05) is 11.9 Å². The molecule has 168 valence electrons. The van der Waals surface area contributed by atoms with Crippen LogP contribution in [0, 0.1) is 0 Å². The second kappa shape index (κ2) is 10.1. The maximum absolute atomic E-state index is 6.43. The molecule has 2 aromatic carbocycles. The van der Waals surface area contributed by atoms with Crippen molar-refractivity contribution < 1.29 is 4.74 Å². The van der Waals surface area contributed by atoms with Crippen molar-refractivity contribution in [2.45, 2.75) is 12.5 Å². The first kappa shape index (κ1) is 21.5. The first-order chi connectivity index (χ1) is 16.8. The van der Waals surface area contributed by atoms with E-state index in [0.29, 0.717) is 35.3 Å². The van der Waals surface area contributed by atoms with E-state index in [1.807, 2.05) is 66.7 Å². The number of fused-ring (bicyclic) bond motifs is 1. The molecule has 0 radical (unpaired) electrons. The van der Waals surface area contributed by atoms with Gasteiger partial charge in [-0.05, 0) is 42.3 Å². The number of rotatable bonds is 8. The lowest BCUT2D eigenvalue weighted by molar-refractivity contribution is 0.468. The number of pyridine rings is 2. The quantitative estimate of drug-likeness (QED) is 0.350. The number of benzene rings is 2. The Balaban J connectivity index is 1.50. The average molecular weight is 449 g/mol. The number of aromatic nitrogens is 4. The molecule has 0 fully saturated rings. The Morgan fingerprint density at radius 1 is 0.824 bits per heavy atom. The third kappa shape index (κ3) is 5.00. The highest BCUT2D eigenvalue weighted by Gasteiger charge is 2.16. The van der Waals surface area contributed by atoms with Gasteiger partial charge in [0.1, 0.15) is 17.1 Å². The molecule has 0 aliphatic rings. The normalized spacial score (nSPS) is 11.8. The molecule has 0 saturated carbocycles. The lowest BCUT2D eigenvalue weighted by Gasteiger charge is -2.16.